The minimum absolute atomic E-state index is 0.144. The van der Waals surface area contributed by atoms with Gasteiger partial charge in [0.15, 0.2) is 0 Å². The summed E-state index contributed by atoms with van der Waals surface area (Å²) in [7, 11) is 1.67. The van der Waals surface area contributed by atoms with Crippen LogP contribution in [0, 0.1) is 0 Å². The van der Waals surface area contributed by atoms with Crippen LogP contribution in [0.15, 0.2) is 24.5 Å². The van der Waals surface area contributed by atoms with Crippen LogP contribution in [-0.2, 0) is 22.6 Å². The lowest BCUT2D eigenvalue weighted by Crippen LogP contribution is -2.19. The molecule has 0 aliphatic carbocycles. The van der Waals surface area contributed by atoms with Gasteiger partial charge in [0.1, 0.15) is 12.2 Å². The van der Waals surface area contributed by atoms with E-state index in [4.69, 9.17) is 10.5 Å². The Balaban J connectivity index is 2.20. The Morgan fingerprint density at radius 2 is 2.42 bits per heavy atom. The van der Waals surface area contributed by atoms with Crippen LogP contribution in [0.1, 0.15) is 5.56 Å². The van der Waals surface area contributed by atoms with E-state index in [1.54, 1.807) is 17.9 Å². The maximum Gasteiger partial charge on any atom is 0.237 e. The minimum atomic E-state index is -0.374. The molecule has 0 saturated heterocycles. The number of carbonyl (C=O) groups is 1. The first kappa shape index (κ1) is 13.5. The molecule has 0 spiro atoms. The van der Waals surface area contributed by atoms with Gasteiger partial charge in [0.05, 0.1) is 6.61 Å². The zero-order valence-corrected chi connectivity index (χ0v) is 10.9. The van der Waals surface area contributed by atoms with Gasteiger partial charge in [-0.15, -0.1) is 0 Å². The average molecular weight is 262 g/mol. The average Bonchev–Trinajstić information content (AvgIpc) is 2.73. The Morgan fingerprint density at radius 3 is 3.16 bits per heavy atom. The Morgan fingerprint density at radius 1 is 1.58 bits per heavy atom. The van der Waals surface area contributed by atoms with Crippen molar-refractivity contribution in [2.24, 2.45) is 5.73 Å². The van der Waals surface area contributed by atoms with E-state index in [9.17, 15) is 4.79 Å². The number of primary amides is 1. The molecule has 102 valence electrons. The number of amides is 1. The number of aromatic nitrogens is 2. The molecule has 3 N–H and O–H groups in total. The van der Waals surface area contributed by atoms with Gasteiger partial charge >= 0.3 is 0 Å². The van der Waals surface area contributed by atoms with Crippen molar-refractivity contribution in [3.63, 3.8) is 0 Å². The van der Waals surface area contributed by atoms with Crippen molar-refractivity contribution in [1.29, 1.82) is 0 Å². The van der Waals surface area contributed by atoms with Gasteiger partial charge in [0.25, 0.3) is 0 Å². The molecule has 0 bridgehead atoms. The number of hydrogen-bond donors (Lipinski definition) is 2. The van der Waals surface area contributed by atoms with Crippen LogP contribution in [-0.4, -0.2) is 35.7 Å². The van der Waals surface area contributed by atoms with E-state index in [-0.39, 0.29) is 12.5 Å². The van der Waals surface area contributed by atoms with Crippen molar-refractivity contribution in [3.05, 3.63) is 30.1 Å². The molecule has 0 aliphatic heterocycles. The SMILES string of the molecule is COCCNCc1cn(CC(N)=O)c2ncccc12. The van der Waals surface area contributed by atoms with Gasteiger partial charge in [-0.3, -0.25) is 4.79 Å². The molecule has 1 amide bonds. The quantitative estimate of drug-likeness (QED) is 0.701. The van der Waals surface area contributed by atoms with Crippen LogP contribution < -0.4 is 11.1 Å². The fraction of sp³-hybridized carbons (Fsp3) is 0.385. The van der Waals surface area contributed by atoms with Gasteiger partial charge < -0.3 is 20.4 Å². The second kappa shape index (κ2) is 6.31. The molecular weight excluding hydrogens is 244 g/mol. The van der Waals surface area contributed by atoms with Crippen LogP contribution in [0.5, 0.6) is 0 Å². The molecule has 2 aromatic heterocycles. The number of nitrogens with one attached hydrogen (secondary N) is 1. The van der Waals surface area contributed by atoms with E-state index in [1.807, 2.05) is 18.3 Å². The number of carbonyl (C=O) groups excluding carboxylic acids is 1. The molecule has 0 unspecified atom stereocenters. The van der Waals surface area contributed by atoms with Crippen LogP contribution in [0.2, 0.25) is 0 Å². The Bertz CT molecular complexity index is 565. The Labute approximate surface area is 111 Å². The molecule has 6 nitrogen and oxygen atoms in total. The topological polar surface area (TPSA) is 82.2 Å². The standard InChI is InChI=1S/C13H18N4O2/c1-19-6-5-15-7-10-8-17(9-12(14)18)13-11(10)3-2-4-16-13/h2-4,8,15H,5-7,9H2,1H3,(H2,14,18). The first-order valence-electron chi connectivity index (χ1n) is 6.13. The largest absolute Gasteiger partial charge is 0.383 e. The first-order chi connectivity index (χ1) is 9.22. The highest BCUT2D eigenvalue weighted by molar-refractivity contribution is 5.82. The lowest BCUT2D eigenvalue weighted by molar-refractivity contribution is -0.118. The second-order valence-corrected chi connectivity index (χ2v) is 4.29. The van der Waals surface area contributed by atoms with Crippen molar-refractivity contribution in [1.82, 2.24) is 14.9 Å². The summed E-state index contributed by atoms with van der Waals surface area (Å²) in [4.78, 5) is 15.4. The number of methoxy groups -OCH3 is 1. The summed E-state index contributed by atoms with van der Waals surface area (Å²) in [6.07, 6.45) is 3.63. The number of nitrogens with zero attached hydrogens (tertiary/aromatic N) is 2. The number of fused-ring (bicyclic) bond motifs is 1. The predicted molar refractivity (Wildman–Crippen MR) is 72.5 cm³/mol. The van der Waals surface area contributed by atoms with Gasteiger partial charge in [0.2, 0.25) is 5.91 Å². The maximum atomic E-state index is 11.1. The predicted octanol–water partition coefficient (Wildman–Crippen LogP) is 0.258. The van der Waals surface area contributed by atoms with E-state index < -0.39 is 0 Å². The molecule has 2 rings (SSSR count). The molecule has 19 heavy (non-hydrogen) atoms. The highest BCUT2D eigenvalue weighted by Crippen LogP contribution is 2.18. The number of nitrogens with two attached hydrogens (primary N) is 1. The molecule has 0 aliphatic rings. The third-order valence-electron chi connectivity index (χ3n) is 2.84. The molecular formula is C13H18N4O2. The van der Waals surface area contributed by atoms with Crippen molar-refractivity contribution in [3.8, 4) is 0 Å². The monoisotopic (exact) mass is 262 g/mol. The fourth-order valence-electron chi connectivity index (χ4n) is 2.02. The third kappa shape index (κ3) is 3.30. The molecule has 2 aromatic rings. The van der Waals surface area contributed by atoms with Crippen molar-refractivity contribution in [2.75, 3.05) is 20.3 Å². The number of rotatable bonds is 7. The molecule has 2 heterocycles. The summed E-state index contributed by atoms with van der Waals surface area (Å²) in [5.41, 5.74) is 7.12. The highest BCUT2D eigenvalue weighted by atomic mass is 16.5. The van der Waals surface area contributed by atoms with E-state index in [0.29, 0.717) is 13.2 Å². The van der Waals surface area contributed by atoms with Gasteiger partial charge in [-0.1, -0.05) is 0 Å². The van der Waals surface area contributed by atoms with Crippen LogP contribution in [0.4, 0.5) is 0 Å². The summed E-state index contributed by atoms with van der Waals surface area (Å²) in [5.74, 6) is -0.374. The lowest BCUT2D eigenvalue weighted by atomic mass is 10.2. The fourth-order valence-corrected chi connectivity index (χ4v) is 2.02. The first-order valence-corrected chi connectivity index (χ1v) is 6.13. The molecule has 0 saturated carbocycles. The second-order valence-electron chi connectivity index (χ2n) is 4.29. The number of ether oxygens (including phenoxy) is 1. The summed E-state index contributed by atoms with van der Waals surface area (Å²) in [5, 5.41) is 4.31. The molecule has 0 radical (unpaired) electrons. The Kier molecular flexibility index (Phi) is 4.48. The van der Waals surface area contributed by atoms with Crippen molar-refractivity contribution >= 4 is 16.9 Å². The molecule has 0 aromatic carbocycles. The van der Waals surface area contributed by atoms with Gasteiger partial charge in [-0.05, 0) is 17.7 Å². The van der Waals surface area contributed by atoms with Gasteiger partial charge in [0, 0.05) is 38.0 Å². The maximum absolute atomic E-state index is 11.1. The Hall–Kier alpha value is -1.92. The number of hydrogen-bond acceptors (Lipinski definition) is 4. The van der Waals surface area contributed by atoms with E-state index in [2.05, 4.69) is 10.3 Å². The van der Waals surface area contributed by atoms with Crippen LogP contribution in [0.25, 0.3) is 11.0 Å². The van der Waals surface area contributed by atoms with E-state index >= 15 is 0 Å². The molecule has 6 heteroatoms. The summed E-state index contributed by atoms with van der Waals surface area (Å²) in [6, 6.07) is 3.88. The van der Waals surface area contributed by atoms with Gasteiger partial charge in [-0.25, -0.2) is 4.98 Å². The minimum Gasteiger partial charge on any atom is -0.383 e. The zero-order chi connectivity index (χ0) is 13.7. The highest BCUT2D eigenvalue weighted by Gasteiger charge is 2.10. The third-order valence-corrected chi connectivity index (χ3v) is 2.84. The summed E-state index contributed by atoms with van der Waals surface area (Å²) < 4.78 is 6.77. The molecule has 0 atom stereocenters. The van der Waals surface area contributed by atoms with E-state index in [0.717, 1.165) is 23.1 Å². The number of pyridine rings is 1. The lowest BCUT2D eigenvalue weighted by Gasteiger charge is -2.02. The summed E-state index contributed by atoms with van der Waals surface area (Å²) in [6.45, 7) is 2.29. The van der Waals surface area contributed by atoms with Crippen molar-refractivity contribution in [2.45, 2.75) is 13.1 Å². The normalized spacial score (nSPS) is 11.0. The van der Waals surface area contributed by atoms with Crippen LogP contribution in [0.3, 0.4) is 0 Å². The zero-order valence-electron chi connectivity index (χ0n) is 10.9. The van der Waals surface area contributed by atoms with Crippen molar-refractivity contribution < 1.29 is 9.53 Å². The van der Waals surface area contributed by atoms with E-state index in [1.165, 1.54) is 0 Å². The van der Waals surface area contributed by atoms with Crippen LogP contribution >= 0.6 is 0 Å². The molecule has 0 fully saturated rings. The van der Waals surface area contributed by atoms with Gasteiger partial charge in [-0.2, -0.15) is 0 Å². The summed E-state index contributed by atoms with van der Waals surface area (Å²) >= 11 is 0. The smallest absolute Gasteiger partial charge is 0.237 e.